The SMILES string of the molecule is c1cc[c]([Sn]([c]2ccccc2)([CH]2c3ccccc3-c3ccccc32)[CH]2c3ccccc3-c3ccccc32)cc1. The summed E-state index contributed by atoms with van der Waals surface area (Å²) < 4.78 is 3.82. The zero-order chi connectivity index (χ0) is 25.8. The van der Waals surface area contributed by atoms with Crippen molar-refractivity contribution >= 4 is 25.5 Å². The van der Waals surface area contributed by atoms with Crippen molar-refractivity contribution in [2.45, 2.75) is 7.87 Å². The Morgan fingerprint density at radius 2 is 0.538 bits per heavy atom. The molecular weight excluding hydrogens is 575 g/mol. The first-order valence-corrected chi connectivity index (χ1v) is 20.0. The summed E-state index contributed by atoms with van der Waals surface area (Å²) in [6.45, 7) is 0. The Kier molecular flexibility index (Phi) is 5.38. The second-order valence-electron chi connectivity index (χ2n) is 10.8. The Morgan fingerprint density at radius 3 is 0.846 bits per heavy atom. The molecule has 0 aliphatic heterocycles. The van der Waals surface area contributed by atoms with Crippen molar-refractivity contribution < 1.29 is 0 Å². The van der Waals surface area contributed by atoms with Crippen molar-refractivity contribution in [3.63, 3.8) is 0 Å². The zero-order valence-electron chi connectivity index (χ0n) is 21.7. The first-order chi connectivity index (χ1) is 19.4. The summed E-state index contributed by atoms with van der Waals surface area (Å²) in [4.78, 5) is 0. The van der Waals surface area contributed by atoms with E-state index in [4.69, 9.17) is 0 Å². The number of rotatable bonds is 4. The normalized spacial score (nSPS) is 13.9. The first-order valence-electron chi connectivity index (χ1n) is 13.9. The number of hydrogen-bond donors (Lipinski definition) is 0. The molecule has 0 atom stereocenters. The molecular formula is C38H28Sn. The van der Waals surface area contributed by atoms with E-state index in [9.17, 15) is 0 Å². The molecule has 0 saturated carbocycles. The van der Waals surface area contributed by atoms with E-state index < -0.39 is 18.4 Å². The van der Waals surface area contributed by atoms with E-state index in [0.29, 0.717) is 7.87 Å². The van der Waals surface area contributed by atoms with Gasteiger partial charge in [0.05, 0.1) is 0 Å². The maximum atomic E-state index is 2.45. The molecule has 0 unspecified atom stereocenters. The number of hydrogen-bond acceptors (Lipinski definition) is 0. The molecule has 39 heavy (non-hydrogen) atoms. The molecule has 6 aromatic carbocycles. The van der Waals surface area contributed by atoms with Gasteiger partial charge in [0.15, 0.2) is 0 Å². The van der Waals surface area contributed by atoms with Gasteiger partial charge in [-0.25, -0.2) is 0 Å². The van der Waals surface area contributed by atoms with Gasteiger partial charge < -0.3 is 0 Å². The van der Waals surface area contributed by atoms with Crippen molar-refractivity contribution in [3.8, 4) is 22.3 Å². The molecule has 0 nitrogen and oxygen atoms in total. The average Bonchev–Trinajstić information content (AvgIpc) is 3.53. The van der Waals surface area contributed by atoms with Crippen molar-refractivity contribution in [1.82, 2.24) is 0 Å². The standard InChI is InChI=1S/2C13H9.2C6H5.Sn/c2*1-3-7-12-10(5-1)9-11-6-2-4-8-13(11)12;2*1-2-4-6-5-3-1;/h2*1-9H;2*1-5H;. The van der Waals surface area contributed by atoms with Gasteiger partial charge in [-0.2, -0.15) is 0 Å². The Bertz CT molecular complexity index is 1590. The van der Waals surface area contributed by atoms with Crippen LogP contribution in [0.3, 0.4) is 0 Å². The van der Waals surface area contributed by atoms with Crippen LogP contribution >= 0.6 is 0 Å². The van der Waals surface area contributed by atoms with Crippen molar-refractivity contribution in [3.05, 3.63) is 180 Å². The Labute approximate surface area is 234 Å². The molecule has 2 aliphatic carbocycles. The summed E-state index contributed by atoms with van der Waals surface area (Å²) in [5.74, 6) is 0. The molecule has 6 aromatic rings. The van der Waals surface area contributed by atoms with Crippen LogP contribution in [0, 0.1) is 0 Å². The van der Waals surface area contributed by atoms with Crippen LogP contribution in [0.1, 0.15) is 30.1 Å². The molecule has 0 spiro atoms. The second-order valence-corrected chi connectivity index (χ2v) is 22.4. The quantitative estimate of drug-likeness (QED) is 0.180. The zero-order valence-corrected chi connectivity index (χ0v) is 24.5. The molecule has 1 heteroatoms. The summed E-state index contributed by atoms with van der Waals surface area (Å²) in [5.41, 5.74) is 11.6. The minimum atomic E-state index is -3.87. The Hall–Kier alpha value is -3.88. The van der Waals surface area contributed by atoms with Crippen LogP contribution in [-0.2, 0) is 0 Å². The van der Waals surface area contributed by atoms with Crippen LogP contribution in [0.25, 0.3) is 22.3 Å². The molecule has 0 radical (unpaired) electrons. The summed E-state index contributed by atoms with van der Waals surface area (Å²) in [6, 6.07) is 60.1. The molecule has 2 aliphatic rings. The van der Waals surface area contributed by atoms with Gasteiger partial charge in [0.2, 0.25) is 0 Å². The van der Waals surface area contributed by atoms with Gasteiger partial charge in [0.1, 0.15) is 0 Å². The van der Waals surface area contributed by atoms with E-state index in [-0.39, 0.29) is 0 Å². The minimum absolute atomic E-state index is 0.348. The van der Waals surface area contributed by atoms with Crippen molar-refractivity contribution in [1.29, 1.82) is 0 Å². The average molecular weight is 603 g/mol. The van der Waals surface area contributed by atoms with E-state index in [0.717, 1.165) is 0 Å². The summed E-state index contributed by atoms with van der Waals surface area (Å²) in [5, 5.41) is 0. The van der Waals surface area contributed by atoms with Gasteiger partial charge in [-0.15, -0.1) is 0 Å². The predicted molar refractivity (Wildman–Crippen MR) is 165 cm³/mol. The molecule has 184 valence electrons. The van der Waals surface area contributed by atoms with Gasteiger partial charge in [-0.3, -0.25) is 0 Å². The first kappa shape index (κ1) is 23.0. The van der Waals surface area contributed by atoms with E-state index >= 15 is 0 Å². The third-order valence-electron chi connectivity index (χ3n) is 9.08. The molecule has 8 rings (SSSR count). The molecule has 0 saturated heterocycles. The Morgan fingerprint density at radius 1 is 0.282 bits per heavy atom. The molecule has 0 fully saturated rings. The summed E-state index contributed by atoms with van der Waals surface area (Å²) >= 11 is -3.87. The molecule has 0 amide bonds. The van der Waals surface area contributed by atoms with Crippen LogP contribution in [0.4, 0.5) is 0 Å². The fourth-order valence-electron chi connectivity index (χ4n) is 7.72. The molecule has 0 aromatic heterocycles. The van der Waals surface area contributed by atoms with Crippen molar-refractivity contribution in [2.24, 2.45) is 0 Å². The van der Waals surface area contributed by atoms with Crippen LogP contribution < -0.4 is 7.16 Å². The topological polar surface area (TPSA) is 0 Å². The van der Waals surface area contributed by atoms with E-state index in [2.05, 4.69) is 158 Å². The van der Waals surface area contributed by atoms with E-state index in [1.54, 1.807) is 7.16 Å². The summed E-state index contributed by atoms with van der Waals surface area (Å²) in [6.07, 6.45) is 0. The number of fused-ring (bicyclic) bond motifs is 6. The maximum absolute atomic E-state index is 3.87. The fourth-order valence-corrected chi connectivity index (χ4v) is 26.1. The molecule has 0 N–H and O–H groups in total. The summed E-state index contributed by atoms with van der Waals surface area (Å²) in [7, 11) is 0. The van der Waals surface area contributed by atoms with E-state index in [1.165, 1.54) is 44.5 Å². The predicted octanol–water partition coefficient (Wildman–Crippen LogP) is 7.95. The van der Waals surface area contributed by atoms with Crippen LogP contribution in [0.5, 0.6) is 0 Å². The van der Waals surface area contributed by atoms with Gasteiger partial charge in [0, 0.05) is 0 Å². The number of benzene rings is 6. The van der Waals surface area contributed by atoms with Gasteiger partial charge >= 0.3 is 236 Å². The third kappa shape index (κ3) is 3.25. The van der Waals surface area contributed by atoms with E-state index in [1.807, 2.05) is 0 Å². The van der Waals surface area contributed by atoms with Gasteiger partial charge in [-0.05, 0) is 0 Å². The van der Waals surface area contributed by atoms with Crippen LogP contribution in [0.15, 0.2) is 158 Å². The van der Waals surface area contributed by atoms with Gasteiger partial charge in [-0.1, -0.05) is 0 Å². The van der Waals surface area contributed by atoms with Crippen LogP contribution in [0.2, 0.25) is 0 Å². The van der Waals surface area contributed by atoms with Crippen molar-refractivity contribution in [2.75, 3.05) is 0 Å². The third-order valence-corrected chi connectivity index (χ3v) is 25.2. The Balaban J connectivity index is 1.57. The monoisotopic (exact) mass is 604 g/mol. The van der Waals surface area contributed by atoms with Gasteiger partial charge in [0.25, 0.3) is 0 Å². The van der Waals surface area contributed by atoms with Crippen LogP contribution in [-0.4, -0.2) is 18.4 Å². The second kappa shape index (κ2) is 9.10. The fraction of sp³-hybridized carbons (Fsp3) is 0.0526. The molecule has 0 bridgehead atoms. The molecule has 0 heterocycles.